The molecule has 0 radical (unpaired) electrons. The number of nitrogens with one attached hydrogen (secondary N) is 1. The van der Waals surface area contributed by atoms with Gasteiger partial charge in [0.15, 0.2) is 0 Å². The predicted molar refractivity (Wildman–Crippen MR) is 81.4 cm³/mol. The van der Waals surface area contributed by atoms with Crippen molar-refractivity contribution in [2.24, 2.45) is 0 Å². The van der Waals surface area contributed by atoms with E-state index < -0.39 is 0 Å². The molecule has 3 aromatic rings. The van der Waals surface area contributed by atoms with Gasteiger partial charge in [-0.05, 0) is 36.2 Å². The lowest BCUT2D eigenvalue weighted by atomic mass is 10.0. The summed E-state index contributed by atoms with van der Waals surface area (Å²) in [5, 5.41) is 0.758. The monoisotopic (exact) mass is 267 g/mol. The van der Waals surface area contributed by atoms with Crippen LogP contribution < -0.4 is 0 Å². The first-order chi connectivity index (χ1) is 9.24. The van der Waals surface area contributed by atoms with Crippen LogP contribution in [0.1, 0.15) is 5.69 Å². The minimum atomic E-state index is 0.758. The van der Waals surface area contributed by atoms with E-state index >= 15 is 0 Å². The molecule has 0 atom stereocenters. The van der Waals surface area contributed by atoms with Gasteiger partial charge >= 0.3 is 0 Å². The minimum Gasteiger partial charge on any atom is -0.358 e. The first-order valence-electron chi connectivity index (χ1n) is 6.25. The molecule has 0 amide bonds. The largest absolute Gasteiger partial charge is 0.358 e. The number of aromatic amines is 1. The van der Waals surface area contributed by atoms with Gasteiger partial charge in [-0.1, -0.05) is 54.1 Å². The second kappa shape index (κ2) is 4.94. The highest BCUT2D eigenvalue weighted by Gasteiger charge is 2.10. The summed E-state index contributed by atoms with van der Waals surface area (Å²) in [6.07, 6.45) is 0. The van der Waals surface area contributed by atoms with Gasteiger partial charge in [-0.3, -0.25) is 0 Å². The molecule has 0 fully saturated rings. The maximum Gasteiger partial charge on any atom is 0.0535 e. The molecule has 0 saturated heterocycles. The molecule has 0 spiro atoms. The SMILES string of the molecule is Cc1cc(-c2ccccc2)c(-c2ccc(Cl)cc2)[nH]1. The van der Waals surface area contributed by atoms with Crippen LogP contribution in [0, 0.1) is 6.92 Å². The fourth-order valence-electron chi connectivity index (χ4n) is 2.28. The van der Waals surface area contributed by atoms with E-state index in [2.05, 4.69) is 42.2 Å². The predicted octanol–water partition coefficient (Wildman–Crippen LogP) is 5.31. The highest BCUT2D eigenvalue weighted by atomic mass is 35.5. The molecule has 2 aromatic carbocycles. The van der Waals surface area contributed by atoms with Crippen molar-refractivity contribution < 1.29 is 0 Å². The Hall–Kier alpha value is -1.99. The number of H-pyrrole nitrogens is 1. The summed E-state index contributed by atoms with van der Waals surface area (Å²) in [5.41, 5.74) is 5.89. The molecule has 19 heavy (non-hydrogen) atoms. The fourth-order valence-corrected chi connectivity index (χ4v) is 2.40. The molecule has 0 aliphatic heterocycles. The van der Waals surface area contributed by atoms with E-state index in [0.29, 0.717) is 0 Å². The molecule has 94 valence electrons. The molecular weight excluding hydrogens is 254 g/mol. The number of benzene rings is 2. The van der Waals surface area contributed by atoms with E-state index in [1.165, 1.54) is 11.1 Å². The van der Waals surface area contributed by atoms with Gasteiger partial charge in [0.2, 0.25) is 0 Å². The lowest BCUT2D eigenvalue weighted by Crippen LogP contribution is -1.82. The van der Waals surface area contributed by atoms with Gasteiger partial charge in [-0.2, -0.15) is 0 Å². The van der Waals surface area contributed by atoms with Gasteiger partial charge in [0.05, 0.1) is 5.69 Å². The summed E-state index contributed by atoms with van der Waals surface area (Å²) in [6.45, 7) is 2.08. The molecule has 1 aromatic heterocycles. The minimum absolute atomic E-state index is 0.758. The Balaban J connectivity index is 2.15. The summed E-state index contributed by atoms with van der Waals surface area (Å²) in [4.78, 5) is 3.44. The third kappa shape index (κ3) is 2.42. The Labute approximate surface area is 117 Å². The van der Waals surface area contributed by atoms with Crippen molar-refractivity contribution in [1.82, 2.24) is 4.98 Å². The number of hydrogen-bond donors (Lipinski definition) is 1. The van der Waals surface area contributed by atoms with Gasteiger partial charge in [0.25, 0.3) is 0 Å². The molecule has 1 heterocycles. The van der Waals surface area contributed by atoms with Crippen LogP contribution in [0.2, 0.25) is 5.02 Å². The highest BCUT2D eigenvalue weighted by molar-refractivity contribution is 6.30. The van der Waals surface area contributed by atoms with Gasteiger partial charge in [-0.25, -0.2) is 0 Å². The van der Waals surface area contributed by atoms with E-state index in [9.17, 15) is 0 Å². The number of rotatable bonds is 2. The normalized spacial score (nSPS) is 10.6. The zero-order chi connectivity index (χ0) is 13.2. The standard InChI is InChI=1S/C17H14ClN/c1-12-11-16(13-5-3-2-4-6-13)17(19-12)14-7-9-15(18)10-8-14/h2-11,19H,1H3. The van der Waals surface area contributed by atoms with Gasteiger partial charge < -0.3 is 4.98 Å². The maximum atomic E-state index is 5.95. The third-order valence-corrected chi connectivity index (χ3v) is 3.42. The molecule has 1 nitrogen and oxygen atoms in total. The van der Waals surface area contributed by atoms with Gasteiger partial charge in [0.1, 0.15) is 0 Å². The highest BCUT2D eigenvalue weighted by Crippen LogP contribution is 2.32. The Bertz CT molecular complexity index is 681. The van der Waals surface area contributed by atoms with Gasteiger partial charge in [0, 0.05) is 16.3 Å². The van der Waals surface area contributed by atoms with E-state index in [1.54, 1.807) is 0 Å². The van der Waals surface area contributed by atoms with Crippen molar-refractivity contribution in [2.45, 2.75) is 6.92 Å². The Morgan fingerprint density at radius 2 is 1.53 bits per heavy atom. The molecule has 0 bridgehead atoms. The second-order valence-corrected chi connectivity index (χ2v) is 5.05. The average Bonchev–Trinajstić information content (AvgIpc) is 2.83. The van der Waals surface area contributed by atoms with E-state index in [-0.39, 0.29) is 0 Å². The molecule has 0 saturated carbocycles. The van der Waals surface area contributed by atoms with E-state index in [0.717, 1.165) is 22.0 Å². The summed E-state index contributed by atoms with van der Waals surface area (Å²) in [6, 6.07) is 20.5. The molecule has 3 rings (SSSR count). The third-order valence-electron chi connectivity index (χ3n) is 3.17. The molecular formula is C17H14ClN. The lowest BCUT2D eigenvalue weighted by molar-refractivity contribution is 1.27. The Morgan fingerprint density at radius 3 is 2.21 bits per heavy atom. The van der Waals surface area contributed by atoms with Crippen LogP contribution in [0.4, 0.5) is 0 Å². The molecule has 0 aliphatic carbocycles. The van der Waals surface area contributed by atoms with Crippen LogP contribution in [0.25, 0.3) is 22.4 Å². The zero-order valence-electron chi connectivity index (χ0n) is 10.7. The average molecular weight is 268 g/mol. The first-order valence-corrected chi connectivity index (χ1v) is 6.63. The number of aryl methyl sites for hydroxylation is 1. The molecule has 0 aliphatic rings. The maximum absolute atomic E-state index is 5.95. The second-order valence-electron chi connectivity index (χ2n) is 4.61. The quantitative estimate of drug-likeness (QED) is 0.648. The van der Waals surface area contributed by atoms with Crippen molar-refractivity contribution in [2.75, 3.05) is 0 Å². The number of halogens is 1. The van der Waals surface area contributed by atoms with Crippen LogP contribution in [-0.4, -0.2) is 4.98 Å². The van der Waals surface area contributed by atoms with E-state index in [1.807, 2.05) is 30.3 Å². The van der Waals surface area contributed by atoms with Crippen molar-refractivity contribution in [3.8, 4) is 22.4 Å². The number of hydrogen-bond acceptors (Lipinski definition) is 0. The Morgan fingerprint density at radius 1 is 0.842 bits per heavy atom. The van der Waals surface area contributed by atoms with Crippen LogP contribution >= 0.6 is 11.6 Å². The Kier molecular flexibility index (Phi) is 3.14. The van der Waals surface area contributed by atoms with Crippen molar-refractivity contribution in [3.05, 3.63) is 71.4 Å². The van der Waals surface area contributed by atoms with Crippen molar-refractivity contribution in [1.29, 1.82) is 0 Å². The smallest absolute Gasteiger partial charge is 0.0535 e. The number of aromatic nitrogens is 1. The van der Waals surface area contributed by atoms with E-state index in [4.69, 9.17) is 11.6 Å². The zero-order valence-corrected chi connectivity index (χ0v) is 11.4. The molecule has 2 heteroatoms. The van der Waals surface area contributed by atoms with Crippen molar-refractivity contribution >= 4 is 11.6 Å². The van der Waals surface area contributed by atoms with Crippen LogP contribution in [0.3, 0.4) is 0 Å². The molecule has 0 unspecified atom stereocenters. The van der Waals surface area contributed by atoms with Crippen molar-refractivity contribution in [3.63, 3.8) is 0 Å². The van der Waals surface area contributed by atoms with Gasteiger partial charge in [-0.15, -0.1) is 0 Å². The lowest BCUT2D eigenvalue weighted by Gasteiger charge is -2.05. The fraction of sp³-hybridized carbons (Fsp3) is 0.0588. The summed E-state index contributed by atoms with van der Waals surface area (Å²) in [7, 11) is 0. The summed E-state index contributed by atoms with van der Waals surface area (Å²) >= 11 is 5.95. The topological polar surface area (TPSA) is 15.8 Å². The summed E-state index contributed by atoms with van der Waals surface area (Å²) < 4.78 is 0. The molecule has 1 N–H and O–H groups in total. The first kappa shape index (κ1) is 12.1. The van der Waals surface area contributed by atoms with Crippen LogP contribution in [-0.2, 0) is 0 Å². The summed E-state index contributed by atoms with van der Waals surface area (Å²) in [5.74, 6) is 0. The van der Waals surface area contributed by atoms with Crippen LogP contribution in [0.15, 0.2) is 60.7 Å². The van der Waals surface area contributed by atoms with Crippen LogP contribution in [0.5, 0.6) is 0 Å².